The van der Waals surface area contributed by atoms with Crippen molar-refractivity contribution in [1.29, 1.82) is 0 Å². The van der Waals surface area contributed by atoms with Crippen LogP contribution in [0.1, 0.15) is 41.7 Å². The van der Waals surface area contributed by atoms with Crippen molar-refractivity contribution in [3.8, 4) is 0 Å². The van der Waals surface area contributed by atoms with Crippen LogP contribution in [0.5, 0.6) is 0 Å². The number of nitrogens with zero attached hydrogens (tertiary/aromatic N) is 3. The normalized spacial score (nSPS) is 19.1. The fraction of sp³-hybridized carbons (Fsp3) is 0.471. The summed E-state index contributed by atoms with van der Waals surface area (Å²) in [6.45, 7) is 5.64. The second-order valence-corrected chi connectivity index (χ2v) is 6.69. The molecule has 0 radical (unpaired) electrons. The van der Waals surface area contributed by atoms with Gasteiger partial charge in [0.15, 0.2) is 0 Å². The Hall–Kier alpha value is -1.99. The highest BCUT2D eigenvalue weighted by molar-refractivity contribution is 7.09. The molecule has 2 aromatic rings. The Bertz CT molecular complexity index is 676. The molecule has 24 heavy (non-hydrogen) atoms. The minimum Gasteiger partial charge on any atom is -0.377 e. The van der Waals surface area contributed by atoms with Crippen molar-refractivity contribution in [2.75, 3.05) is 19.8 Å². The molecule has 0 aromatic carbocycles. The second-order valence-electron chi connectivity index (χ2n) is 5.80. The van der Waals surface area contributed by atoms with E-state index in [9.17, 15) is 4.79 Å². The highest BCUT2D eigenvalue weighted by atomic mass is 32.1. The number of nitrogens with one attached hydrogen (secondary N) is 1. The molecule has 1 fully saturated rings. The number of morpholine rings is 1. The van der Waals surface area contributed by atoms with Gasteiger partial charge in [-0.15, -0.1) is 11.3 Å². The number of hydrogen-bond acceptors (Lipinski definition) is 5. The maximum atomic E-state index is 12.9. The summed E-state index contributed by atoms with van der Waals surface area (Å²) in [6, 6.07) is 3.67. The van der Waals surface area contributed by atoms with Crippen LogP contribution < -0.4 is 5.32 Å². The molecule has 0 unspecified atom stereocenters. The average Bonchev–Trinajstić information content (AvgIpc) is 3.06. The zero-order valence-corrected chi connectivity index (χ0v) is 14.8. The second kappa shape index (κ2) is 7.72. The third-order valence-electron chi connectivity index (χ3n) is 4.13. The summed E-state index contributed by atoms with van der Waals surface area (Å²) in [5.74, 6) is 0. The van der Waals surface area contributed by atoms with E-state index >= 15 is 0 Å². The molecule has 0 aliphatic carbocycles. The van der Waals surface area contributed by atoms with E-state index in [0.717, 1.165) is 22.7 Å². The smallest absolute Gasteiger partial charge is 0.318 e. The van der Waals surface area contributed by atoms with Crippen LogP contribution in [0.2, 0.25) is 0 Å². The quantitative estimate of drug-likeness (QED) is 0.924. The first-order chi connectivity index (χ1) is 11.7. The van der Waals surface area contributed by atoms with Crippen molar-refractivity contribution >= 4 is 17.4 Å². The van der Waals surface area contributed by atoms with E-state index in [1.165, 1.54) is 0 Å². The lowest BCUT2D eigenvalue weighted by molar-refractivity contribution is 0.0109. The Morgan fingerprint density at radius 2 is 2.29 bits per heavy atom. The Balaban J connectivity index is 1.74. The summed E-state index contributed by atoms with van der Waals surface area (Å²) >= 11 is 1.58. The van der Waals surface area contributed by atoms with Gasteiger partial charge < -0.3 is 15.0 Å². The van der Waals surface area contributed by atoms with Crippen molar-refractivity contribution in [1.82, 2.24) is 20.2 Å². The third kappa shape index (κ3) is 3.73. The van der Waals surface area contributed by atoms with Gasteiger partial charge in [0.1, 0.15) is 11.0 Å². The van der Waals surface area contributed by atoms with Crippen LogP contribution in [0.3, 0.4) is 0 Å². The van der Waals surface area contributed by atoms with Crippen molar-refractivity contribution in [3.63, 3.8) is 0 Å². The highest BCUT2D eigenvalue weighted by Crippen LogP contribution is 2.27. The van der Waals surface area contributed by atoms with Crippen molar-refractivity contribution in [2.45, 2.75) is 32.4 Å². The minimum atomic E-state index is -0.118. The predicted molar refractivity (Wildman–Crippen MR) is 92.9 cm³/mol. The number of carbonyl (C=O) groups is 1. The molecule has 0 saturated carbocycles. The number of hydrogen-bond donors (Lipinski definition) is 1. The van der Waals surface area contributed by atoms with Gasteiger partial charge in [-0.1, -0.05) is 6.92 Å². The molecule has 0 spiro atoms. The molecule has 1 N–H and O–H groups in total. The molecular weight excluding hydrogens is 324 g/mol. The number of aromatic nitrogens is 2. The van der Waals surface area contributed by atoms with Crippen molar-refractivity contribution in [2.24, 2.45) is 0 Å². The van der Waals surface area contributed by atoms with Crippen LogP contribution in [0.4, 0.5) is 4.79 Å². The number of pyridine rings is 1. The molecule has 3 heterocycles. The van der Waals surface area contributed by atoms with E-state index < -0.39 is 0 Å². The van der Waals surface area contributed by atoms with E-state index in [-0.39, 0.29) is 18.1 Å². The molecule has 2 amide bonds. The fourth-order valence-corrected chi connectivity index (χ4v) is 3.72. The molecular formula is C17H22N4O2S. The summed E-state index contributed by atoms with van der Waals surface area (Å²) < 4.78 is 5.58. The molecule has 0 bridgehead atoms. The number of amides is 2. The molecule has 1 aliphatic heterocycles. The van der Waals surface area contributed by atoms with Crippen molar-refractivity contribution in [3.05, 3.63) is 46.2 Å². The molecule has 1 saturated heterocycles. The van der Waals surface area contributed by atoms with E-state index in [4.69, 9.17) is 4.74 Å². The monoisotopic (exact) mass is 346 g/mol. The SMILES string of the molecule is CC[C@H](NC(=O)N1CCOC[C@@H]1c1nc(C)cs1)c1ccncc1. The molecule has 2 atom stereocenters. The molecule has 6 nitrogen and oxygen atoms in total. The van der Waals surface area contributed by atoms with Gasteiger partial charge in [0.25, 0.3) is 0 Å². The van der Waals surface area contributed by atoms with Crippen LogP contribution in [-0.2, 0) is 4.74 Å². The Labute approximate surface area is 145 Å². The van der Waals surface area contributed by atoms with Crippen molar-refractivity contribution < 1.29 is 9.53 Å². The van der Waals surface area contributed by atoms with Crippen LogP contribution in [0, 0.1) is 6.92 Å². The average molecular weight is 346 g/mol. The number of carbonyl (C=O) groups excluding carboxylic acids is 1. The first-order valence-corrected chi connectivity index (χ1v) is 9.03. The number of aryl methyl sites for hydroxylation is 1. The van der Waals surface area contributed by atoms with E-state index in [0.29, 0.717) is 19.8 Å². The van der Waals surface area contributed by atoms with Gasteiger partial charge in [0, 0.05) is 30.0 Å². The lowest BCUT2D eigenvalue weighted by Crippen LogP contribution is -2.48. The Morgan fingerprint density at radius 1 is 1.50 bits per heavy atom. The fourth-order valence-electron chi connectivity index (χ4n) is 2.83. The van der Waals surface area contributed by atoms with Crippen LogP contribution in [0.25, 0.3) is 0 Å². The lowest BCUT2D eigenvalue weighted by atomic mass is 10.1. The Morgan fingerprint density at radius 3 is 2.96 bits per heavy atom. The number of urea groups is 1. The molecule has 2 aromatic heterocycles. The van der Waals surface area contributed by atoms with Gasteiger partial charge in [-0.3, -0.25) is 4.98 Å². The standard InChI is InChI=1S/C17H22N4O2S/c1-3-14(13-4-6-18-7-5-13)20-17(22)21-8-9-23-10-15(21)16-19-12(2)11-24-16/h4-7,11,14-15H,3,8-10H2,1-2H3,(H,20,22)/t14-,15+/m0/s1. The maximum absolute atomic E-state index is 12.9. The number of thiazole rings is 1. The first kappa shape index (κ1) is 16.9. The highest BCUT2D eigenvalue weighted by Gasteiger charge is 2.31. The first-order valence-electron chi connectivity index (χ1n) is 8.16. The van der Waals surface area contributed by atoms with Crippen LogP contribution in [-0.4, -0.2) is 40.7 Å². The third-order valence-corrected chi connectivity index (χ3v) is 5.19. The number of ether oxygens (including phenoxy) is 1. The van der Waals surface area contributed by atoms with Gasteiger partial charge in [0.05, 0.1) is 19.3 Å². The summed E-state index contributed by atoms with van der Waals surface area (Å²) in [6.07, 6.45) is 4.32. The lowest BCUT2D eigenvalue weighted by Gasteiger charge is -2.35. The molecule has 7 heteroatoms. The zero-order valence-electron chi connectivity index (χ0n) is 13.9. The van der Waals surface area contributed by atoms with Gasteiger partial charge >= 0.3 is 6.03 Å². The summed E-state index contributed by atoms with van der Waals surface area (Å²) in [7, 11) is 0. The Kier molecular flexibility index (Phi) is 5.42. The van der Waals surface area contributed by atoms with Crippen LogP contribution >= 0.6 is 11.3 Å². The molecule has 1 aliphatic rings. The summed E-state index contributed by atoms with van der Waals surface area (Å²) in [4.78, 5) is 23.3. The summed E-state index contributed by atoms with van der Waals surface area (Å²) in [5.41, 5.74) is 2.04. The van der Waals surface area contributed by atoms with E-state index in [2.05, 4.69) is 22.2 Å². The summed E-state index contributed by atoms with van der Waals surface area (Å²) in [5, 5.41) is 6.08. The van der Waals surface area contributed by atoms with E-state index in [1.54, 1.807) is 23.7 Å². The zero-order chi connectivity index (χ0) is 16.9. The topological polar surface area (TPSA) is 67.4 Å². The van der Waals surface area contributed by atoms with Gasteiger partial charge in [-0.05, 0) is 31.0 Å². The number of rotatable bonds is 4. The molecule has 3 rings (SSSR count). The van der Waals surface area contributed by atoms with Crippen LogP contribution in [0.15, 0.2) is 29.9 Å². The minimum absolute atomic E-state index is 0.0259. The van der Waals surface area contributed by atoms with E-state index in [1.807, 2.05) is 29.3 Å². The maximum Gasteiger partial charge on any atom is 0.318 e. The predicted octanol–water partition coefficient (Wildman–Crippen LogP) is 3.08. The van der Waals surface area contributed by atoms with Gasteiger partial charge in [-0.25, -0.2) is 9.78 Å². The van der Waals surface area contributed by atoms with Gasteiger partial charge in [-0.2, -0.15) is 0 Å². The largest absolute Gasteiger partial charge is 0.377 e. The van der Waals surface area contributed by atoms with Gasteiger partial charge in [0.2, 0.25) is 0 Å². The molecule has 128 valence electrons.